The summed E-state index contributed by atoms with van der Waals surface area (Å²) < 4.78 is 10.8. The molecule has 5 nitrogen and oxygen atoms in total. The summed E-state index contributed by atoms with van der Waals surface area (Å²) in [6, 6.07) is 14.9. The van der Waals surface area contributed by atoms with Gasteiger partial charge in [-0.2, -0.15) is 0 Å². The molecular weight excluding hydrogens is 292 g/mol. The summed E-state index contributed by atoms with van der Waals surface area (Å²) in [5, 5.41) is 2.84. The number of hydrogen-bond acceptors (Lipinski definition) is 4. The highest BCUT2D eigenvalue weighted by Gasteiger charge is 2.06. The fraction of sp³-hybridized carbons (Fsp3) is 0.278. The second-order valence-corrected chi connectivity index (χ2v) is 5.20. The number of methoxy groups -OCH3 is 1. The van der Waals surface area contributed by atoms with E-state index in [2.05, 4.69) is 5.32 Å². The van der Waals surface area contributed by atoms with Crippen LogP contribution in [-0.4, -0.2) is 40.3 Å². The maximum atomic E-state index is 12.1. The van der Waals surface area contributed by atoms with E-state index in [1.807, 2.05) is 67.5 Å². The van der Waals surface area contributed by atoms with Gasteiger partial charge in [0.15, 0.2) is 11.5 Å². The summed E-state index contributed by atoms with van der Waals surface area (Å²) >= 11 is 0. The Morgan fingerprint density at radius 3 is 2.30 bits per heavy atom. The van der Waals surface area contributed by atoms with Crippen LogP contribution in [0.2, 0.25) is 0 Å². The molecule has 122 valence electrons. The molecule has 0 aliphatic carbocycles. The van der Waals surface area contributed by atoms with Crippen molar-refractivity contribution < 1.29 is 14.3 Å². The van der Waals surface area contributed by atoms with Gasteiger partial charge < -0.3 is 19.7 Å². The standard InChI is InChI=1S/C18H22N2O3/c1-20(2)15-10-8-14(9-11-15)18(21)19-12-13-23-17-7-5-4-6-16(17)22-3/h4-11H,12-13H2,1-3H3,(H,19,21). The van der Waals surface area contributed by atoms with Gasteiger partial charge in [0.1, 0.15) is 6.61 Å². The average molecular weight is 314 g/mol. The average Bonchev–Trinajstić information content (AvgIpc) is 2.59. The smallest absolute Gasteiger partial charge is 0.251 e. The lowest BCUT2D eigenvalue weighted by atomic mass is 10.2. The van der Waals surface area contributed by atoms with Crippen LogP contribution < -0.4 is 19.7 Å². The van der Waals surface area contributed by atoms with Crippen LogP contribution in [0.4, 0.5) is 5.69 Å². The minimum absolute atomic E-state index is 0.112. The highest BCUT2D eigenvalue weighted by atomic mass is 16.5. The second kappa shape index (κ2) is 8.08. The molecule has 0 aliphatic heterocycles. The molecule has 0 aliphatic rings. The summed E-state index contributed by atoms with van der Waals surface area (Å²) in [6.07, 6.45) is 0. The summed E-state index contributed by atoms with van der Waals surface area (Å²) in [4.78, 5) is 14.0. The molecule has 0 saturated heterocycles. The van der Waals surface area contributed by atoms with Crippen LogP contribution in [0.1, 0.15) is 10.4 Å². The molecule has 0 fully saturated rings. The van der Waals surface area contributed by atoms with Crippen LogP contribution in [0.3, 0.4) is 0 Å². The van der Waals surface area contributed by atoms with Crippen LogP contribution in [-0.2, 0) is 0 Å². The molecule has 0 saturated carbocycles. The molecule has 2 rings (SSSR count). The van der Waals surface area contributed by atoms with Crippen LogP contribution in [0.25, 0.3) is 0 Å². The van der Waals surface area contributed by atoms with Crippen LogP contribution in [0.5, 0.6) is 11.5 Å². The maximum absolute atomic E-state index is 12.1. The van der Waals surface area contributed by atoms with Crippen molar-refractivity contribution in [1.82, 2.24) is 5.32 Å². The van der Waals surface area contributed by atoms with Crippen molar-refractivity contribution in [3.63, 3.8) is 0 Å². The predicted molar refractivity (Wildman–Crippen MR) is 91.6 cm³/mol. The molecule has 1 N–H and O–H groups in total. The first kappa shape index (κ1) is 16.7. The number of ether oxygens (including phenoxy) is 2. The summed E-state index contributed by atoms with van der Waals surface area (Å²) in [5.74, 6) is 1.23. The van der Waals surface area contributed by atoms with E-state index < -0.39 is 0 Å². The van der Waals surface area contributed by atoms with Crippen molar-refractivity contribution in [2.45, 2.75) is 0 Å². The van der Waals surface area contributed by atoms with E-state index in [0.717, 1.165) is 5.69 Å². The van der Waals surface area contributed by atoms with Gasteiger partial charge in [0.2, 0.25) is 0 Å². The van der Waals surface area contributed by atoms with E-state index >= 15 is 0 Å². The zero-order valence-electron chi connectivity index (χ0n) is 13.7. The van der Waals surface area contributed by atoms with Crippen molar-refractivity contribution in [2.75, 3.05) is 39.3 Å². The van der Waals surface area contributed by atoms with Gasteiger partial charge in [-0.1, -0.05) is 12.1 Å². The lowest BCUT2D eigenvalue weighted by Gasteiger charge is -2.13. The quantitative estimate of drug-likeness (QED) is 0.798. The summed E-state index contributed by atoms with van der Waals surface area (Å²) in [7, 11) is 5.52. The van der Waals surface area contributed by atoms with Gasteiger partial charge in [0.05, 0.1) is 13.7 Å². The van der Waals surface area contributed by atoms with Gasteiger partial charge >= 0.3 is 0 Å². The predicted octanol–water partition coefficient (Wildman–Crippen LogP) is 2.57. The minimum atomic E-state index is -0.112. The first-order chi connectivity index (χ1) is 11.1. The molecule has 23 heavy (non-hydrogen) atoms. The van der Waals surface area contributed by atoms with E-state index in [-0.39, 0.29) is 5.91 Å². The molecule has 0 radical (unpaired) electrons. The van der Waals surface area contributed by atoms with Crippen LogP contribution >= 0.6 is 0 Å². The Morgan fingerprint density at radius 2 is 1.70 bits per heavy atom. The Bertz CT molecular complexity index is 639. The fourth-order valence-electron chi connectivity index (χ4n) is 2.08. The Balaban J connectivity index is 1.80. The second-order valence-electron chi connectivity index (χ2n) is 5.20. The SMILES string of the molecule is COc1ccccc1OCCNC(=O)c1ccc(N(C)C)cc1. The topological polar surface area (TPSA) is 50.8 Å². The monoisotopic (exact) mass is 314 g/mol. The number of amides is 1. The molecule has 0 aromatic heterocycles. The minimum Gasteiger partial charge on any atom is -0.493 e. The van der Waals surface area contributed by atoms with Gasteiger partial charge in [-0.15, -0.1) is 0 Å². The van der Waals surface area contributed by atoms with Crippen LogP contribution in [0, 0.1) is 0 Å². The van der Waals surface area contributed by atoms with E-state index in [0.29, 0.717) is 30.2 Å². The van der Waals surface area contributed by atoms with Gasteiger partial charge in [-0.25, -0.2) is 0 Å². The fourth-order valence-corrected chi connectivity index (χ4v) is 2.08. The van der Waals surface area contributed by atoms with Crippen molar-refractivity contribution >= 4 is 11.6 Å². The zero-order chi connectivity index (χ0) is 16.7. The summed E-state index contributed by atoms with van der Waals surface area (Å²) in [6.45, 7) is 0.800. The van der Waals surface area contributed by atoms with Crippen molar-refractivity contribution in [1.29, 1.82) is 0 Å². The first-order valence-corrected chi connectivity index (χ1v) is 7.43. The number of para-hydroxylation sites is 2. The number of hydrogen-bond donors (Lipinski definition) is 1. The van der Waals surface area contributed by atoms with E-state index in [1.54, 1.807) is 7.11 Å². The lowest BCUT2D eigenvalue weighted by molar-refractivity contribution is 0.0947. The molecule has 2 aromatic rings. The Morgan fingerprint density at radius 1 is 1.04 bits per heavy atom. The van der Waals surface area contributed by atoms with E-state index in [1.165, 1.54) is 0 Å². The maximum Gasteiger partial charge on any atom is 0.251 e. The summed E-state index contributed by atoms with van der Waals surface area (Å²) in [5.41, 5.74) is 1.69. The molecule has 0 heterocycles. The van der Waals surface area contributed by atoms with Crippen LogP contribution in [0.15, 0.2) is 48.5 Å². The molecule has 1 amide bonds. The number of carbonyl (C=O) groups is 1. The van der Waals surface area contributed by atoms with Gasteiger partial charge in [-0.05, 0) is 36.4 Å². The Kier molecular flexibility index (Phi) is 5.86. The third-order valence-electron chi connectivity index (χ3n) is 3.36. The molecule has 0 bridgehead atoms. The highest BCUT2D eigenvalue weighted by molar-refractivity contribution is 5.94. The molecule has 0 spiro atoms. The lowest BCUT2D eigenvalue weighted by Crippen LogP contribution is -2.28. The number of nitrogens with zero attached hydrogens (tertiary/aromatic N) is 1. The number of nitrogens with one attached hydrogen (secondary N) is 1. The van der Waals surface area contributed by atoms with Crippen molar-refractivity contribution in [2.24, 2.45) is 0 Å². The van der Waals surface area contributed by atoms with Gasteiger partial charge in [0, 0.05) is 25.3 Å². The van der Waals surface area contributed by atoms with E-state index in [4.69, 9.17) is 9.47 Å². The molecule has 0 unspecified atom stereocenters. The van der Waals surface area contributed by atoms with Gasteiger partial charge in [-0.3, -0.25) is 4.79 Å². The van der Waals surface area contributed by atoms with Crippen molar-refractivity contribution in [3.05, 3.63) is 54.1 Å². The third-order valence-corrected chi connectivity index (χ3v) is 3.36. The van der Waals surface area contributed by atoms with E-state index in [9.17, 15) is 4.79 Å². The number of anilines is 1. The Labute approximate surface area is 136 Å². The number of benzene rings is 2. The third kappa shape index (κ3) is 4.64. The first-order valence-electron chi connectivity index (χ1n) is 7.43. The largest absolute Gasteiger partial charge is 0.493 e. The number of rotatable bonds is 7. The normalized spacial score (nSPS) is 10.0. The molecule has 5 heteroatoms. The molecule has 2 aromatic carbocycles. The zero-order valence-corrected chi connectivity index (χ0v) is 13.7. The Hall–Kier alpha value is -2.69. The number of carbonyl (C=O) groups excluding carboxylic acids is 1. The molecular formula is C18H22N2O3. The molecule has 0 atom stereocenters. The van der Waals surface area contributed by atoms with Crippen molar-refractivity contribution in [3.8, 4) is 11.5 Å². The highest BCUT2D eigenvalue weighted by Crippen LogP contribution is 2.25. The van der Waals surface area contributed by atoms with Gasteiger partial charge in [0.25, 0.3) is 5.91 Å².